The highest BCUT2D eigenvalue weighted by Gasteiger charge is 2.49. The predicted molar refractivity (Wildman–Crippen MR) is 148 cm³/mol. The zero-order valence-corrected chi connectivity index (χ0v) is 24.0. The second kappa shape index (κ2) is 20.2. The summed E-state index contributed by atoms with van der Waals surface area (Å²) in [6.07, 6.45) is 19.0. The van der Waals surface area contributed by atoms with E-state index in [0.717, 1.165) is 51.0 Å². The summed E-state index contributed by atoms with van der Waals surface area (Å²) >= 11 is 0. The SMILES string of the molecule is C=CC(=O)OC1(C(=O)OCC(CC)CCCC)CCCC(C(=O)OCCCCCCCCCCCC)C1. The van der Waals surface area contributed by atoms with E-state index in [1.165, 1.54) is 44.9 Å². The average molecular weight is 523 g/mol. The third kappa shape index (κ3) is 13.5. The van der Waals surface area contributed by atoms with Crippen molar-refractivity contribution in [1.29, 1.82) is 0 Å². The number of hydrogen-bond acceptors (Lipinski definition) is 6. The first-order valence-corrected chi connectivity index (χ1v) is 15.1. The van der Waals surface area contributed by atoms with Crippen LogP contribution in [0.1, 0.15) is 136 Å². The van der Waals surface area contributed by atoms with E-state index < -0.39 is 23.5 Å². The molecule has 1 rings (SSSR count). The summed E-state index contributed by atoms with van der Waals surface area (Å²) in [6.45, 7) is 10.6. The summed E-state index contributed by atoms with van der Waals surface area (Å²) in [5.74, 6) is -1.73. The molecule has 3 unspecified atom stereocenters. The predicted octanol–water partition coefficient (Wildman–Crippen LogP) is 7.87. The second-order valence-corrected chi connectivity index (χ2v) is 10.8. The average Bonchev–Trinajstić information content (AvgIpc) is 2.91. The van der Waals surface area contributed by atoms with Crippen LogP contribution < -0.4 is 0 Å². The van der Waals surface area contributed by atoms with E-state index in [9.17, 15) is 14.4 Å². The van der Waals surface area contributed by atoms with Crippen molar-refractivity contribution in [3.8, 4) is 0 Å². The molecule has 0 N–H and O–H groups in total. The third-order valence-corrected chi connectivity index (χ3v) is 7.61. The molecule has 6 nitrogen and oxygen atoms in total. The van der Waals surface area contributed by atoms with Crippen LogP contribution in [0.2, 0.25) is 0 Å². The standard InChI is InChI=1S/C31H54O6/c1-5-9-11-12-13-14-15-16-17-18-23-35-29(33)27-21-19-22-31(24-27,37-28(32)8-4)30(34)36-25-26(7-3)20-10-6-2/h8,26-27H,4-7,9-25H2,1-3H3. The minimum atomic E-state index is -1.45. The summed E-state index contributed by atoms with van der Waals surface area (Å²) in [4.78, 5) is 38.1. The molecular weight excluding hydrogens is 468 g/mol. The molecule has 0 aromatic rings. The number of rotatable bonds is 21. The largest absolute Gasteiger partial charge is 0.465 e. The third-order valence-electron chi connectivity index (χ3n) is 7.61. The Labute approximate surface area is 226 Å². The first-order chi connectivity index (χ1) is 17.9. The molecular formula is C31H54O6. The van der Waals surface area contributed by atoms with Gasteiger partial charge in [-0.05, 0) is 38.0 Å². The molecule has 1 aliphatic rings. The van der Waals surface area contributed by atoms with Gasteiger partial charge in [-0.2, -0.15) is 0 Å². The molecule has 0 bridgehead atoms. The Balaban J connectivity index is 2.51. The van der Waals surface area contributed by atoms with E-state index in [1.807, 2.05) is 0 Å². The molecule has 0 aliphatic heterocycles. The fraction of sp³-hybridized carbons (Fsp3) is 0.839. The summed E-state index contributed by atoms with van der Waals surface area (Å²) < 4.78 is 16.8. The van der Waals surface area contributed by atoms with Crippen molar-refractivity contribution in [2.75, 3.05) is 13.2 Å². The number of hydrogen-bond donors (Lipinski definition) is 0. The molecule has 0 radical (unpaired) electrons. The quantitative estimate of drug-likeness (QED) is 0.0660. The van der Waals surface area contributed by atoms with Crippen LogP contribution >= 0.6 is 0 Å². The van der Waals surface area contributed by atoms with Crippen molar-refractivity contribution in [3.63, 3.8) is 0 Å². The maximum absolute atomic E-state index is 13.2. The molecule has 214 valence electrons. The maximum Gasteiger partial charge on any atom is 0.350 e. The minimum absolute atomic E-state index is 0.105. The van der Waals surface area contributed by atoms with Crippen LogP contribution in [0.25, 0.3) is 0 Å². The monoisotopic (exact) mass is 522 g/mol. The molecule has 0 aromatic heterocycles. The van der Waals surface area contributed by atoms with E-state index >= 15 is 0 Å². The van der Waals surface area contributed by atoms with Gasteiger partial charge in [0.2, 0.25) is 5.60 Å². The van der Waals surface area contributed by atoms with Gasteiger partial charge in [-0.25, -0.2) is 9.59 Å². The summed E-state index contributed by atoms with van der Waals surface area (Å²) in [7, 11) is 0. The minimum Gasteiger partial charge on any atom is -0.465 e. The first-order valence-electron chi connectivity index (χ1n) is 15.1. The Morgan fingerprint density at radius 3 is 2.11 bits per heavy atom. The van der Waals surface area contributed by atoms with Crippen molar-refractivity contribution >= 4 is 17.9 Å². The zero-order valence-electron chi connectivity index (χ0n) is 24.0. The fourth-order valence-electron chi connectivity index (χ4n) is 5.09. The lowest BCUT2D eigenvalue weighted by Crippen LogP contribution is -2.49. The van der Waals surface area contributed by atoms with Crippen LogP contribution in [0.3, 0.4) is 0 Å². The normalized spacial score (nSPS) is 20.1. The van der Waals surface area contributed by atoms with Crippen LogP contribution in [0, 0.1) is 11.8 Å². The van der Waals surface area contributed by atoms with Gasteiger partial charge in [0.15, 0.2) is 0 Å². The van der Waals surface area contributed by atoms with Crippen LogP contribution in [0.5, 0.6) is 0 Å². The number of ether oxygens (including phenoxy) is 3. The highest BCUT2D eigenvalue weighted by Crippen LogP contribution is 2.38. The molecule has 1 saturated carbocycles. The topological polar surface area (TPSA) is 78.9 Å². The Hall–Kier alpha value is -1.85. The molecule has 37 heavy (non-hydrogen) atoms. The molecule has 1 aliphatic carbocycles. The van der Waals surface area contributed by atoms with E-state index in [4.69, 9.17) is 14.2 Å². The Kier molecular flexibility index (Phi) is 18.1. The Morgan fingerprint density at radius 1 is 0.892 bits per heavy atom. The smallest absolute Gasteiger partial charge is 0.350 e. The highest BCUT2D eigenvalue weighted by molar-refractivity contribution is 5.88. The Morgan fingerprint density at radius 2 is 1.51 bits per heavy atom. The first kappa shape index (κ1) is 33.2. The number of esters is 3. The van der Waals surface area contributed by atoms with Crippen molar-refractivity contribution < 1.29 is 28.6 Å². The molecule has 3 atom stereocenters. The van der Waals surface area contributed by atoms with Crippen molar-refractivity contribution in [2.24, 2.45) is 11.8 Å². The number of unbranched alkanes of at least 4 members (excludes halogenated alkanes) is 10. The molecule has 1 fully saturated rings. The lowest BCUT2D eigenvalue weighted by molar-refractivity contribution is -0.189. The van der Waals surface area contributed by atoms with E-state index in [-0.39, 0.29) is 18.3 Å². The van der Waals surface area contributed by atoms with Gasteiger partial charge in [0.25, 0.3) is 0 Å². The van der Waals surface area contributed by atoms with Crippen LogP contribution in [-0.2, 0) is 28.6 Å². The molecule has 6 heteroatoms. The molecule has 0 spiro atoms. The summed E-state index contributed by atoms with van der Waals surface area (Å²) in [5, 5.41) is 0. The fourth-order valence-corrected chi connectivity index (χ4v) is 5.09. The van der Waals surface area contributed by atoms with Gasteiger partial charge in [-0.3, -0.25) is 4.79 Å². The van der Waals surface area contributed by atoms with Crippen LogP contribution in [-0.4, -0.2) is 36.7 Å². The van der Waals surface area contributed by atoms with E-state index in [1.54, 1.807) is 0 Å². The van der Waals surface area contributed by atoms with E-state index in [2.05, 4.69) is 27.4 Å². The maximum atomic E-state index is 13.2. The molecule has 0 heterocycles. The second-order valence-electron chi connectivity index (χ2n) is 10.8. The molecule has 0 saturated heterocycles. The van der Waals surface area contributed by atoms with E-state index in [0.29, 0.717) is 32.5 Å². The van der Waals surface area contributed by atoms with Crippen LogP contribution in [0.4, 0.5) is 0 Å². The lowest BCUT2D eigenvalue weighted by Gasteiger charge is -2.37. The van der Waals surface area contributed by atoms with Gasteiger partial charge >= 0.3 is 17.9 Å². The van der Waals surface area contributed by atoms with Gasteiger partial charge in [0.05, 0.1) is 19.1 Å². The molecule has 0 aromatic carbocycles. The van der Waals surface area contributed by atoms with Gasteiger partial charge in [-0.15, -0.1) is 0 Å². The van der Waals surface area contributed by atoms with Crippen molar-refractivity contribution in [1.82, 2.24) is 0 Å². The summed E-state index contributed by atoms with van der Waals surface area (Å²) in [5.41, 5.74) is -1.45. The summed E-state index contributed by atoms with van der Waals surface area (Å²) in [6, 6.07) is 0. The van der Waals surface area contributed by atoms with Crippen molar-refractivity contribution in [3.05, 3.63) is 12.7 Å². The molecule has 0 amide bonds. The van der Waals surface area contributed by atoms with Gasteiger partial charge < -0.3 is 14.2 Å². The number of carbonyl (C=O) groups is 3. The Bertz CT molecular complexity index is 660. The van der Waals surface area contributed by atoms with Gasteiger partial charge in [0, 0.05) is 12.5 Å². The van der Waals surface area contributed by atoms with Crippen LogP contribution in [0.15, 0.2) is 12.7 Å². The van der Waals surface area contributed by atoms with Crippen molar-refractivity contribution in [2.45, 2.75) is 142 Å². The highest BCUT2D eigenvalue weighted by atomic mass is 16.6. The number of carbonyl (C=O) groups excluding carboxylic acids is 3. The lowest BCUT2D eigenvalue weighted by atomic mass is 9.77. The van der Waals surface area contributed by atoms with Gasteiger partial charge in [0.1, 0.15) is 0 Å². The zero-order chi connectivity index (χ0) is 27.4. The van der Waals surface area contributed by atoms with Gasteiger partial charge in [-0.1, -0.05) is 104 Å².